The Kier molecular flexibility index (Phi) is 5.64. The van der Waals surface area contributed by atoms with Crippen molar-refractivity contribution in [2.75, 3.05) is 25.2 Å². The molecule has 0 aromatic carbocycles. The SMILES string of the molecule is CSC1(C(=O)NC(CNC(=O)CSC2CCOC2=O)C2CC2)CC1. The molecule has 2 unspecified atom stereocenters. The second kappa shape index (κ2) is 7.56. The predicted octanol–water partition coefficient (Wildman–Crippen LogP) is 0.942. The summed E-state index contributed by atoms with van der Waals surface area (Å²) in [5.41, 5.74) is 0. The highest BCUT2D eigenvalue weighted by Crippen LogP contribution is 2.47. The van der Waals surface area contributed by atoms with E-state index in [1.165, 1.54) is 11.8 Å². The van der Waals surface area contributed by atoms with E-state index in [2.05, 4.69) is 10.6 Å². The van der Waals surface area contributed by atoms with Gasteiger partial charge in [-0.05, 0) is 37.9 Å². The summed E-state index contributed by atoms with van der Waals surface area (Å²) in [5, 5.41) is 5.82. The smallest absolute Gasteiger partial charge is 0.319 e. The van der Waals surface area contributed by atoms with Crippen LogP contribution in [-0.2, 0) is 19.1 Å². The minimum absolute atomic E-state index is 0.0209. The van der Waals surface area contributed by atoms with Gasteiger partial charge in [0, 0.05) is 19.0 Å². The molecule has 0 aromatic rings. The fourth-order valence-electron chi connectivity index (χ4n) is 2.85. The number of nitrogens with one attached hydrogen (secondary N) is 2. The zero-order chi connectivity index (χ0) is 17.2. The van der Waals surface area contributed by atoms with Crippen LogP contribution in [0.25, 0.3) is 0 Å². The number of amides is 2. The van der Waals surface area contributed by atoms with Gasteiger partial charge in [-0.15, -0.1) is 23.5 Å². The van der Waals surface area contributed by atoms with E-state index >= 15 is 0 Å². The second-order valence-corrected chi connectivity index (χ2v) is 9.06. The number of carbonyl (C=O) groups is 3. The molecule has 2 saturated carbocycles. The van der Waals surface area contributed by atoms with Crippen LogP contribution in [0.1, 0.15) is 32.1 Å². The molecule has 3 aliphatic rings. The third kappa shape index (κ3) is 4.39. The van der Waals surface area contributed by atoms with E-state index in [0.717, 1.165) is 25.7 Å². The van der Waals surface area contributed by atoms with Crippen molar-refractivity contribution in [3.8, 4) is 0 Å². The summed E-state index contributed by atoms with van der Waals surface area (Å²) in [5.74, 6) is 0.529. The summed E-state index contributed by atoms with van der Waals surface area (Å²) in [6.07, 6.45) is 6.75. The molecule has 0 aromatic heterocycles. The van der Waals surface area contributed by atoms with Crippen LogP contribution in [0.2, 0.25) is 0 Å². The van der Waals surface area contributed by atoms with Crippen molar-refractivity contribution in [1.29, 1.82) is 0 Å². The highest BCUT2D eigenvalue weighted by atomic mass is 32.2. The average Bonchev–Trinajstić information content (AvgIpc) is 3.48. The molecule has 1 heterocycles. The Bertz CT molecular complexity index is 520. The summed E-state index contributed by atoms with van der Waals surface area (Å²) in [6, 6.07) is 0.0209. The van der Waals surface area contributed by atoms with Crippen LogP contribution in [0.15, 0.2) is 0 Å². The first-order valence-corrected chi connectivity index (χ1v) is 10.7. The maximum absolute atomic E-state index is 12.4. The topological polar surface area (TPSA) is 84.5 Å². The highest BCUT2D eigenvalue weighted by molar-refractivity contribution is 8.01. The molecule has 2 aliphatic carbocycles. The maximum Gasteiger partial charge on any atom is 0.319 e. The fraction of sp³-hybridized carbons (Fsp3) is 0.812. The van der Waals surface area contributed by atoms with E-state index < -0.39 is 0 Å². The first-order chi connectivity index (χ1) is 11.5. The van der Waals surface area contributed by atoms with Gasteiger partial charge < -0.3 is 15.4 Å². The van der Waals surface area contributed by atoms with Gasteiger partial charge in [-0.2, -0.15) is 0 Å². The number of hydrogen-bond acceptors (Lipinski definition) is 6. The van der Waals surface area contributed by atoms with Crippen molar-refractivity contribution < 1.29 is 19.1 Å². The Morgan fingerprint density at radius 2 is 2.08 bits per heavy atom. The molecule has 134 valence electrons. The van der Waals surface area contributed by atoms with E-state index in [1.54, 1.807) is 11.8 Å². The minimum atomic E-state index is -0.226. The molecular weight excluding hydrogens is 348 g/mol. The van der Waals surface area contributed by atoms with Gasteiger partial charge in [0.25, 0.3) is 0 Å². The van der Waals surface area contributed by atoms with Crippen LogP contribution in [-0.4, -0.2) is 59.0 Å². The number of carbonyl (C=O) groups excluding carboxylic acids is 3. The van der Waals surface area contributed by atoms with Crippen LogP contribution in [0.5, 0.6) is 0 Å². The molecule has 2 amide bonds. The number of rotatable bonds is 9. The molecule has 6 nitrogen and oxygen atoms in total. The molecule has 0 bridgehead atoms. The molecule has 0 spiro atoms. The van der Waals surface area contributed by atoms with Crippen LogP contribution in [0.4, 0.5) is 0 Å². The number of cyclic esters (lactones) is 1. The Labute approximate surface area is 150 Å². The first-order valence-electron chi connectivity index (χ1n) is 8.45. The van der Waals surface area contributed by atoms with Crippen molar-refractivity contribution in [2.24, 2.45) is 5.92 Å². The normalized spacial score (nSPS) is 25.7. The van der Waals surface area contributed by atoms with Gasteiger partial charge in [-0.3, -0.25) is 14.4 Å². The quantitative estimate of drug-likeness (QED) is 0.586. The Balaban J connectivity index is 1.40. The van der Waals surface area contributed by atoms with Gasteiger partial charge in [-0.25, -0.2) is 0 Å². The molecule has 3 fully saturated rings. The van der Waals surface area contributed by atoms with Crippen LogP contribution in [0, 0.1) is 5.92 Å². The van der Waals surface area contributed by atoms with Crippen molar-refractivity contribution in [1.82, 2.24) is 10.6 Å². The molecular formula is C16H24N2O4S2. The van der Waals surface area contributed by atoms with Crippen LogP contribution < -0.4 is 10.6 Å². The molecule has 24 heavy (non-hydrogen) atoms. The Morgan fingerprint density at radius 3 is 2.62 bits per heavy atom. The summed E-state index contributed by atoms with van der Waals surface area (Å²) in [4.78, 5) is 35.8. The minimum Gasteiger partial charge on any atom is -0.465 e. The lowest BCUT2D eigenvalue weighted by Gasteiger charge is -2.22. The molecule has 3 rings (SSSR count). The van der Waals surface area contributed by atoms with Crippen molar-refractivity contribution >= 4 is 41.3 Å². The Hall–Kier alpha value is -0.890. The summed E-state index contributed by atoms with van der Waals surface area (Å²) < 4.78 is 4.66. The van der Waals surface area contributed by atoms with E-state index in [-0.39, 0.29) is 39.6 Å². The van der Waals surface area contributed by atoms with E-state index in [4.69, 9.17) is 4.74 Å². The molecule has 8 heteroatoms. The van der Waals surface area contributed by atoms with Crippen molar-refractivity contribution in [2.45, 2.75) is 48.1 Å². The largest absolute Gasteiger partial charge is 0.465 e. The lowest BCUT2D eigenvalue weighted by atomic mass is 10.1. The lowest BCUT2D eigenvalue weighted by Crippen LogP contribution is -2.48. The third-order valence-electron chi connectivity index (χ3n) is 4.84. The maximum atomic E-state index is 12.4. The predicted molar refractivity (Wildman–Crippen MR) is 95.0 cm³/mol. The fourth-order valence-corrected chi connectivity index (χ4v) is 4.53. The van der Waals surface area contributed by atoms with Gasteiger partial charge in [0.1, 0.15) is 5.25 Å². The van der Waals surface area contributed by atoms with Crippen LogP contribution in [0.3, 0.4) is 0 Å². The average molecular weight is 373 g/mol. The van der Waals surface area contributed by atoms with Gasteiger partial charge in [0.2, 0.25) is 11.8 Å². The molecule has 1 aliphatic heterocycles. The molecule has 1 saturated heterocycles. The molecule has 2 N–H and O–H groups in total. The zero-order valence-corrected chi connectivity index (χ0v) is 15.5. The Morgan fingerprint density at radius 1 is 1.33 bits per heavy atom. The van der Waals surface area contributed by atoms with E-state index in [0.29, 0.717) is 25.5 Å². The monoisotopic (exact) mass is 372 g/mol. The van der Waals surface area contributed by atoms with Crippen LogP contribution >= 0.6 is 23.5 Å². The summed E-state index contributed by atoms with van der Waals surface area (Å²) in [7, 11) is 0. The van der Waals surface area contributed by atoms with E-state index in [9.17, 15) is 14.4 Å². The lowest BCUT2D eigenvalue weighted by molar-refractivity contribution is -0.137. The highest BCUT2D eigenvalue weighted by Gasteiger charge is 2.50. The number of esters is 1. The standard InChI is InChI=1S/C16H24N2O4S2/c1-23-16(5-6-16)15(21)18-11(10-2-3-10)8-17-13(19)9-24-12-4-7-22-14(12)20/h10-12H,2-9H2,1H3,(H,17,19)(H,18,21). The summed E-state index contributed by atoms with van der Waals surface area (Å²) >= 11 is 2.95. The van der Waals surface area contributed by atoms with Gasteiger partial charge >= 0.3 is 5.97 Å². The first kappa shape index (κ1) is 17.9. The van der Waals surface area contributed by atoms with E-state index in [1.807, 2.05) is 6.26 Å². The van der Waals surface area contributed by atoms with Crippen molar-refractivity contribution in [3.63, 3.8) is 0 Å². The molecule has 2 atom stereocenters. The molecule has 0 radical (unpaired) electrons. The number of ether oxygens (including phenoxy) is 1. The van der Waals surface area contributed by atoms with Crippen molar-refractivity contribution in [3.05, 3.63) is 0 Å². The van der Waals surface area contributed by atoms with Gasteiger partial charge in [0.05, 0.1) is 17.1 Å². The summed E-state index contributed by atoms with van der Waals surface area (Å²) in [6.45, 7) is 0.917. The second-order valence-electron chi connectivity index (χ2n) is 6.68. The number of hydrogen-bond donors (Lipinski definition) is 2. The third-order valence-corrected chi connectivity index (χ3v) is 7.47. The van der Waals surface area contributed by atoms with Gasteiger partial charge in [-0.1, -0.05) is 0 Å². The zero-order valence-electron chi connectivity index (χ0n) is 13.8. The van der Waals surface area contributed by atoms with Gasteiger partial charge in [0.15, 0.2) is 0 Å². The number of thioether (sulfide) groups is 2.